The van der Waals surface area contributed by atoms with Crippen molar-refractivity contribution in [2.24, 2.45) is 4.99 Å². The van der Waals surface area contributed by atoms with E-state index in [1.165, 1.54) is 0 Å². The van der Waals surface area contributed by atoms with E-state index in [0.29, 0.717) is 0 Å². The first-order valence-electron chi connectivity index (χ1n) is 2.86. The van der Waals surface area contributed by atoms with Crippen LogP contribution in [0.15, 0.2) is 16.5 Å². The van der Waals surface area contributed by atoms with Crippen LogP contribution >= 0.6 is 23.4 Å². The van der Waals surface area contributed by atoms with E-state index in [2.05, 4.69) is 4.99 Å². The van der Waals surface area contributed by atoms with Gasteiger partial charge in [-0.2, -0.15) is 0 Å². The third-order valence-electron chi connectivity index (χ3n) is 0.986. The largest absolute Gasteiger partial charge is 0.281 e. The number of hydrogen-bond donors (Lipinski definition) is 0. The van der Waals surface area contributed by atoms with Gasteiger partial charge in [0.1, 0.15) is 5.38 Å². The molecular formula is C6H8ClNS. The summed E-state index contributed by atoms with van der Waals surface area (Å²) in [6.45, 7) is 2.84. The molecule has 0 aliphatic carbocycles. The number of rotatable bonds is 1. The lowest BCUT2D eigenvalue weighted by atomic mass is 10.4. The van der Waals surface area contributed by atoms with Crippen LogP contribution in [0.4, 0.5) is 0 Å². The standard InChI is InChI=1S/C6H8ClNS/c1-2-8-6-5(7)3-4-9-6/h3-5H,2H2,1H3. The minimum Gasteiger partial charge on any atom is -0.281 e. The third kappa shape index (κ3) is 1.73. The normalized spacial score (nSPS) is 30.0. The Morgan fingerprint density at radius 3 is 3.11 bits per heavy atom. The number of allylic oxidation sites excluding steroid dienone is 1. The second kappa shape index (κ2) is 3.28. The maximum Gasteiger partial charge on any atom is 0.101 e. The Morgan fingerprint density at radius 1 is 1.89 bits per heavy atom. The number of hydrogen-bond acceptors (Lipinski definition) is 2. The number of alkyl halides is 1. The predicted molar refractivity (Wildman–Crippen MR) is 44.3 cm³/mol. The van der Waals surface area contributed by atoms with Crippen LogP contribution in [0.3, 0.4) is 0 Å². The summed E-state index contributed by atoms with van der Waals surface area (Å²) in [5.41, 5.74) is 0. The Hall–Kier alpha value is 0.0500. The van der Waals surface area contributed by atoms with Crippen LogP contribution in [-0.2, 0) is 0 Å². The van der Waals surface area contributed by atoms with Crippen LogP contribution in [0.1, 0.15) is 6.92 Å². The molecule has 1 nitrogen and oxygen atoms in total. The van der Waals surface area contributed by atoms with Gasteiger partial charge < -0.3 is 0 Å². The number of aliphatic imine (C=N–C) groups is 1. The molecule has 1 aliphatic rings. The molecule has 9 heavy (non-hydrogen) atoms. The van der Waals surface area contributed by atoms with Gasteiger partial charge in [0.2, 0.25) is 0 Å². The van der Waals surface area contributed by atoms with Gasteiger partial charge in [-0.25, -0.2) is 0 Å². The van der Waals surface area contributed by atoms with Crippen molar-refractivity contribution in [3.05, 3.63) is 11.5 Å². The number of thioether (sulfide) groups is 1. The zero-order chi connectivity index (χ0) is 6.69. The molecule has 0 fully saturated rings. The van der Waals surface area contributed by atoms with E-state index < -0.39 is 0 Å². The molecule has 1 atom stereocenters. The van der Waals surface area contributed by atoms with E-state index in [1.807, 2.05) is 18.4 Å². The Morgan fingerprint density at radius 2 is 2.67 bits per heavy atom. The molecule has 0 saturated heterocycles. The van der Waals surface area contributed by atoms with E-state index >= 15 is 0 Å². The minimum absolute atomic E-state index is 0.0370. The molecule has 0 aromatic rings. The molecule has 3 heteroatoms. The molecule has 0 aromatic heterocycles. The van der Waals surface area contributed by atoms with Crippen molar-refractivity contribution < 1.29 is 0 Å². The Balaban J connectivity index is 2.55. The van der Waals surface area contributed by atoms with Gasteiger partial charge in [0.25, 0.3) is 0 Å². The summed E-state index contributed by atoms with van der Waals surface area (Å²) in [5, 5.41) is 3.04. The van der Waals surface area contributed by atoms with Crippen LogP contribution < -0.4 is 0 Å². The van der Waals surface area contributed by atoms with Gasteiger partial charge >= 0.3 is 0 Å². The predicted octanol–water partition coefficient (Wildman–Crippen LogP) is 2.27. The zero-order valence-corrected chi connectivity index (χ0v) is 6.75. The molecule has 0 bridgehead atoms. The van der Waals surface area contributed by atoms with Crippen LogP contribution in [0.2, 0.25) is 0 Å². The minimum atomic E-state index is 0.0370. The Labute approximate surface area is 64.2 Å². The first-order chi connectivity index (χ1) is 4.34. The highest BCUT2D eigenvalue weighted by atomic mass is 35.5. The quantitative estimate of drug-likeness (QED) is 0.538. The summed E-state index contributed by atoms with van der Waals surface area (Å²) in [6.07, 6.45) is 1.95. The summed E-state index contributed by atoms with van der Waals surface area (Å²) in [6, 6.07) is 0. The Kier molecular flexibility index (Phi) is 2.61. The Bertz CT molecular complexity index is 153. The molecule has 1 rings (SSSR count). The maximum atomic E-state index is 5.82. The van der Waals surface area contributed by atoms with Crippen molar-refractivity contribution in [1.82, 2.24) is 0 Å². The first kappa shape index (κ1) is 7.16. The van der Waals surface area contributed by atoms with E-state index in [0.717, 1.165) is 11.6 Å². The third-order valence-corrected chi connectivity index (χ3v) is 2.39. The van der Waals surface area contributed by atoms with Crippen molar-refractivity contribution >= 4 is 28.4 Å². The fourth-order valence-electron chi connectivity index (χ4n) is 0.606. The molecule has 0 amide bonds. The molecule has 0 saturated carbocycles. The molecule has 0 aromatic carbocycles. The van der Waals surface area contributed by atoms with Gasteiger partial charge in [0.15, 0.2) is 0 Å². The van der Waals surface area contributed by atoms with Gasteiger partial charge in [-0.05, 0) is 12.3 Å². The van der Waals surface area contributed by atoms with Crippen LogP contribution in [0, 0.1) is 0 Å². The van der Waals surface area contributed by atoms with Gasteiger partial charge in [0.05, 0.1) is 5.04 Å². The smallest absolute Gasteiger partial charge is 0.101 e. The lowest BCUT2D eigenvalue weighted by Gasteiger charge is -1.96. The van der Waals surface area contributed by atoms with E-state index in [1.54, 1.807) is 11.8 Å². The fourth-order valence-corrected chi connectivity index (χ4v) is 1.78. The molecule has 0 radical (unpaired) electrons. The van der Waals surface area contributed by atoms with Crippen LogP contribution in [-0.4, -0.2) is 17.0 Å². The highest BCUT2D eigenvalue weighted by Gasteiger charge is 2.13. The zero-order valence-electron chi connectivity index (χ0n) is 5.17. The highest BCUT2D eigenvalue weighted by Crippen LogP contribution is 2.22. The summed E-state index contributed by atoms with van der Waals surface area (Å²) < 4.78 is 0. The summed E-state index contributed by atoms with van der Waals surface area (Å²) in [7, 11) is 0. The van der Waals surface area contributed by atoms with Crippen molar-refractivity contribution in [2.75, 3.05) is 6.54 Å². The second-order valence-electron chi connectivity index (χ2n) is 1.66. The molecule has 0 spiro atoms. The topological polar surface area (TPSA) is 12.4 Å². The summed E-state index contributed by atoms with van der Waals surface area (Å²) >= 11 is 7.43. The summed E-state index contributed by atoms with van der Waals surface area (Å²) in [4.78, 5) is 4.19. The number of halogens is 1. The second-order valence-corrected chi connectivity index (χ2v) is 3.06. The maximum absolute atomic E-state index is 5.82. The monoisotopic (exact) mass is 161 g/mol. The lowest BCUT2D eigenvalue weighted by molar-refractivity contribution is 1.13. The summed E-state index contributed by atoms with van der Waals surface area (Å²) in [5.74, 6) is 0. The van der Waals surface area contributed by atoms with Gasteiger partial charge in [0, 0.05) is 6.54 Å². The van der Waals surface area contributed by atoms with Gasteiger partial charge in [-0.1, -0.05) is 17.8 Å². The van der Waals surface area contributed by atoms with Gasteiger partial charge in [-0.15, -0.1) is 11.6 Å². The van der Waals surface area contributed by atoms with Crippen molar-refractivity contribution in [1.29, 1.82) is 0 Å². The molecule has 0 N–H and O–H groups in total. The van der Waals surface area contributed by atoms with Crippen LogP contribution in [0.5, 0.6) is 0 Å². The van der Waals surface area contributed by atoms with Crippen molar-refractivity contribution in [3.63, 3.8) is 0 Å². The molecule has 50 valence electrons. The van der Waals surface area contributed by atoms with Gasteiger partial charge in [-0.3, -0.25) is 4.99 Å². The van der Waals surface area contributed by atoms with Crippen LogP contribution in [0.25, 0.3) is 0 Å². The van der Waals surface area contributed by atoms with E-state index in [4.69, 9.17) is 11.6 Å². The first-order valence-corrected chi connectivity index (χ1v) is 4.18. The molecule has 1 unspecified atom stereocenters. The van der Waals surface area contributed by atoms with E-state index in [9.17, 15) is 0 Å². The highest BCUT2D eigenvalue weighted by molar-refractivity contribution is 8.17. The SMILES string of the molecule is CCN=C1SC=CC1Cl. The molecule has 1 aliphatic heterocycles. The number of nitrogens with zero attached hydrogens (tertiary/aromatic N) is 1. The fraction of sp³-hybridized carbons (Fsp3) is 0.500. The van der Waals surface area contributed by atoms with E-state index in [-0.39, 0.29) is 5.38 Å². The average molecular weight is 162 g/mol. The average Bonchev–Trinajstić information content (AvgIpc) is 2.18. The van der Waals surface area contributed by atoms with Crippen molar-refractivity contribution in [2.45, 2.75) is 12.3 Å². The van der Waals surface area contributed by atoms with Crippen molar-refractivity contribution in [3.8, 4) is 0 Å². The lowest BCUT2D eigenvalue weighted by Crippen LogP contribution is -2.02. The molecule has 1 heterocycles. The molecular weight excluding hydrogens is 154 g/mol.